The Balaban J connectivity index is 1.96. The topological polar surface area (TPSA) is 105 Å². The zero-order valence-corrected chi connectivity index (χ0v) is 15.5. The third-order valence-corrected chi connectivity index (χ3v) is 6.29. The fourth-order valence-electron chi connectivity index (χ4n) is 2.79. The zero-order chi connectivity index (χ0) is 18.4. The molecule has 0 amide bonds. The smallest absolute Gasteiger partial charge is 0.228 e. The van der Waals surface area contributed by atoms with Gasteiger partial charge < -0.3 is 29.3 Å². The van der Waals surface area contributed by atoms with Gasteiger partial charge >= 0.3 is 0 Å². The van der Waals surface area contributed by atoms with Gasteiger partial charge in [0.15, 0.2) is 0 Å². The van der Waals surface area contributed by atoms with Crippen molar-refractivity contribution in [3.8, 4) is 11.5 Å². The highest BCUT2D eigenvalue weighted by molar-refractivity contribution is 7.57. The van der Waals surface area contributed by atoms with Crippen LogP contribution in [0.25, 0.3) is 0 Å². The summed E-state index contributed by atoms with van der Waals surface area (Å²) in [7, 11) is -1.61. The highest BCUT2D eigenvalue weighted by Crippen LogP contribution is 2.42. The van der Waals surface area contributed by atoms with E-state index in [0.29, 0.717) is 24.3 Å². The van der Waals surface area contributed by atoms with Crippen LogP contribution in [-0.2, 0) is 9.30 Å². The van der Waals surface area contributed by atoms with Gasteiger partial charge in [0.25, 0.3) is 0 Å². The van der Waals surface area contributed by atoms with Gasteiger partial charge in [-0.15, -0.1) is 0 Å². The molecule has 3 N–H and O–H groups in total. The molecule has 1 heterocycles. The van der Waals surface area contributed by atoms with Crippen molar-refractivity contribution in [2.75, 3.05) is 19.4 Å². The number of methoxy groups -OCH3 is 1. The molecule has 0 radical (unpaired) electrons. The van der Waals surface area contributed by atoms with Crippen molar-refractivity contribution < 1.29 is 33.9 Å². The van der Waals surface area contributed by atoms with Gasteiger partial charge in [-0.3, -0.25) is 4.57 Å². The van der Waals surface area contributed by atoms with Crippen molar-refractivity contribution in [1.82, 2.24) is 0 Å². The van der Waals surface area contributed by atoms with Crippen LogP contribution in [0, 0.1) is 0 Å². The fraction of sp³-hybridized carbons (Fsp3) is 0.647. The molecule has 0 aromatic heterocycles. The van der Waals surface area contributed by atoms with E-state index in [4.69, 9.17) is 14.2 Å². The van der Waals surface area contributed by atoms with Crippen LogP contribution < -0.4 is 9.47 Å². The second-order valence-corrected chi connectivity index (χ2v) is 8.88. The molecule has 0 aliphatic carbocycles. The minimum absolute atomic E-state index is 0.129. The minimum atomic E-state index is -3.17. The molecule has 1 aromatic carbocycles. The van der Waals surface area contributed by atoms with Crippen LogP contribution in [0.3, 0.4) is 0 Å². The summed E-state index contributed by atoms with van der Waals surface area (Å²) < 4.78 is 28.4. The molecule has 2 rings (SSSR count). The second kappa shape index (κ2) is 9.01. The Kier molecular flexibility index (Phi) is 7.28. The molecule has 0 bridgehead atoms. The monoisotopic (exact) mass is 374 g/mol. The summed E-state index contributed by atoms with van der Waals surface area (Å²) in [6.45, 7) is 1.86. The largest absolute Gasteiger partial charge is 0.497 e. The lowest BCUT2D eigenvalue weighted by molar-refractivity contribution is -0.235. The lowest BCUT2D eigenvalue weighted by Crippen LogP contribution is -2.51. The fourth-order valence-corrected chi connectivity index (χ4v) is 4.41. The summed E-state index contributed by atoms with van der Waals surface area (Å²) in [5, 5.41) is 20.2. The standard InChI is InChI=1S/C17H27O7P/c1-3-9-25(20,21)10-8-14-11-15(18)16(19)17(24-14)23-13-6-4-12(22-2)5-7-13/h4-7,14-19H,3,8-11H2,1-2H3,(H,20,21). The molecule has 1 fully saturated rings. The number of aliphatic hydroxyl groups excluding tert-OH is 2. The third kappa shape index (κ3) is 5.97. The molecule has 25 heavy (non-hydrogen) atoms. The number of rotatable bonds is 8. The molecule has 1 aromatic rings. The number of ether oxygens (including phenoxy) is 3. The quantitative estimate of drug-likeness (QED) is 0.598. The first kappa shape index (κ1) is 20.2. The van der Waals surface area contributed by atoms with Crippen molar-refractivity contribution in [2.24, 2.45) is 0 Å². The van der Waals surface area contributed by atoms with Gasteiger partial charge in [0.1, 0.15) is 17.6 Å². The summed E-state index contributed by atoms with van der Waals surface area (Å²) >= 11 is 0. The first-order chi connectivity index (χ1) is 11.8. The highest BCUT2D eigenvalue weighted by atomic mass is 31.2. The van der Waals surface area contributed by atoms with Crippen molar-refractivity contribution in [1.29, 1.82) is 0 Å². The maximum atomic E-state index is 12.0. The highest BCUT2D eigenvalue weighted by Gasteiger charge is 2.38. The first-order valence-electron chi connectivity index (χ1n) is 8.47. The molecule has 8 heteroatoms. The zero-order valence-electron chi connectivity index (χ0n) is 14.6. The van der Waals surface area contributed by atoms with E-state index in [9.17, 15) is 19.7 Å². The van der Waals surface area contributed by atoms with Crippen LogP contribution in [0.5, 0.6) is 11.5 Å². The third-order valence-electron chi connectivity index (χ3n) is 4.19. The van der Waals surface area contributed by atoms with Gasteiger partial charge in [-0.2, -0.15) is 0 Å². The van der Waals surface area contributed by atoms with Crippen LogP contribution in [0.2, 0.25) is 0 Å². The molecule has 1 aliphatic heterocycles. The average molecular weight is 374 g/mol. The number of aliphatic hydroxyl groups is 2. The SMILES string of the molecule is CCCP(=O)(O)CCC1CC(O)C(O)C(Oc2ccc(OC)cc2)O1. The Morgan fingerprint density at radius 1 is 1.20 bits per heavy atom. The number of hydrogen-bond acceptors (Lipinski definition) is 6. The summed E-state index contributed by atoms with van der Waals surface area (Å²) in [6.07, 6.45) is -2.09. The Morgan fingerprint density at radius 3 is 2.44 bits per heavy atom. The summed E-state index contributed by atoms with van der Waals surface area (Å²) in [5.74, 6) is 1.14. The van der Waals surface area contributed by atoms with Gasteiger partial charge in [0.05, 0.1) is 19.3 Å². The summed E-state index contributed by atoms with van der Waals surface area (Å²) in [5.41, 5.74) is 0. The maximum absolute atomic E-state index is 12.0. The van der Waals surface area contributed by atoms with Crippen molar-refractivity contribution >= 4 is 7.37 Å². The minimum Gasteiger partial charge on any atom is -0.497 e. The summed E-state index contributed by atoms with van der Waals surface area (Å²) in [4.78, 5) is 9.86. The van der Waals surface area contributed by atoms with Gasteiger partial charge in [-0.1, -0.05) is 6.92 Å². The van der Waals surface area contributed by atoms with Crippen molar-refractivity contribution in [2.45, 2.75) is 50.8 Å². The molecule has 1 saturated heterocycles. The van der Waals surface area contributed by atoms with E-state index in [1.54, 1.807) is 31.4 Å². The Hall–Kier alpha value is -1.11. The van der Waals surface area contributed by atoms with E-state index >= 15 is 0 Å². The van der Waals surface area contributed by atoms with E-state index in [2.05, 4.69) is 0 Å². The number of benzene rings is 1. The van der Waals surface area contributed by atoms with E-state index in [0.717, 1.165) is 0 Å². The lowest BCUT2D eigenvalue weighted by atomic mass is 10.0. The molecule has 1 aliphatic rings. The molecular weight excluding hydrogens is 347 g/mol. The Labute approximate surface area is 148 Å². The predicted octanol–water partition coefficient (Wildman–Crippen LogP) is 1.98. The van der Waals surface area contributed by atoms with Crippen LogP contribution in [-0.4, -0.2) is 59.1 Å². The van der Waals surface area contributed by atoms with Crippen LogP contribution in [0.1, 0.15) is 26.2 Å². The number of hydrogen-bond donors (Lipinski definition) is 3. The normalized spacial score (nSPS) is 29.0. The van der Waals surface area contributed by atoms with Crippen LogP contribution >= 0.6 is 7.37 Å². The van der Waals surface area contributed by atoms with Gasteiger partial charge in [0, 0.05) is 18.7 Å². The average Bonchev–Trinajstić information content (AvgIpc) is 2.58. The van der Waals surface area contributed by atoms with Gasteiger partial charge in [-0.05, 0) is 37.1 Å². The van der Waals surface area contributed by atoms with E-state index in [-0.39, 0.29) is 18.7 Å². The van der Waals surface area contributed by atoms with E-state index in [1.165, 1.54) is 0 Å². The van der Waals surface area contributed by atoms with Gasteiger partial charge in [-0.25, -0.2) is 0 Å². The lowest BCUT2D eigenvalue weighted by Gasteiger charge is -2.37. The second-order valence-electron chi connectivity index (χ2n) is 6.30. The summed E-state index contributed by atoms with van der Waals surface area (Å²) in [6, 6.07) is 6.78. The Morgan fingerprint density at radius 2 is 1.84 bits per heavy atom. The van der Waals surface area contributed by atoms with E-state index in [1.807, 2.05) is 6.92 Å². The van der Waals surface area contributed by atoms with Crippen LogP contribution in [0.4, 0.5) is 0 Å². The molecule has 142 valence electrons. The van der Waals surface area contributed by atoms with Crippen molar-refractivity contribution in [3.05, 3.63) is 24.3 Å². The molecule has 7 nitrogen and oxygen atoms in total. The van der Waals surface area contributed by atoms with Crippen molar-refractivity contribution in [3.63, 3.8) is 0 Å². The van der Waals surface area contributed by atoms with E-state index < -0.39 is 32.0 Å². The molecule has 5 atom stereocenters. The predicted molar refractivity (Wildman–Crippen MR) is 93.4 cm³/mol. The maximum Gasteiger partial charge on any atom is 0.228 e. The molecular formula is C17H27O7P. The van der Waals surface area contributed by atoms with Crippen LogP contribution in [0.15, 0.2) is 24.3 Å². The van der Waals surface area contributed by atoms with Gasteiger partial charge in [0.2, 0.25) is 13.7 Å². The Bertz CT molecular complexity index is 577. The molecule has 0 spiro atoms. The molecule has 5 unspecified atom stereocenters. The first-order valence-corrected chi connectivity index (χ1v) is 10.5. The molecule has 0 saturated carbocycles.